The van der Waals surface area contributed by atoms with E-state index in [-0.39, 0.29) is 12.6 Å². The topological polar surface area (TPSA) is 58.6 Å². The first-order chi connectivity index (χ1) is 15.7. The largest absolute Gasteiger partial charge is 0.497 e. The average molecular weight is 443 g/mol. The third kappa shape index (κ3) is 5.24. The number of aliphatic imine (C=N–C) groups is 1. The number of halogens is 1. The second-order valence-electron chi connectivity index (χ2n) is 7.82. The van der Waals surface area contributed by atoms with Crippen LogP contribution in [-0.2, 0) is 17.8 Å². The molecule has 8 heteroatoms. The first-order valence-electron chi connectivity index (χ1n) is 11.1. The Morgan fingerprint density at radius 3 is 2.66 bits per heavy atom. The molecule has 0 bridgehead atoms. The van der Waals surface area contributed by atoms with Crippen LogP contribution in [0.25, 0.3) is 0 Å². The van der Waals surface area contributed by atoms with Crippen LogP contribution in [-0.4, -0.2) is 64.0 Å². The molecule has 2 aromatic carbocycles. The third-order valence-electron chi connectivity index (χ3n) is 5.75. The smallest absolute Gasteiger partial charge is 0.194 e. The third-order valence-corrected chi connectivity index (χ3v) is 5.75. The fraction of sp³-hybridized carbons (Fsp3) is 0.458. The van der Waals surface area contributed by atoms with Gasteiger partial charge in [0.2, 0.25) is 0 Å². The molecule has 0 amide bonds. The zero-order valence-corrected chi connectivity index (χ0v) is 18.8. The number of hydrogen-bond donors (Lipinski definition) is 1. The number of ether oxygens (including phenoxy) is 3. The van der Waals surface area contributed by atoms with E-state index in [2.05, 4.69) is 34.2 Å². The molecule has 7 nitrogen and oxygen atoms in total. The molecule has 2 heterocycles. The average Bonchev–Trinajstić information content (AvgIpc) is 2.83. The van der Waals surface area contributed by atoms with Crippen LogP contribution in [0, 0.1) is 5.82 Å². The summed E-state index contributed by atoms with van der Waals surface area (Å²) in [6.07, 6.45) is 0.612. The van der Waals surface area contributed by atoms with Gasteiger partial charge in [-0.1, -0.05) is 0 Å². The number of piperazine rings is 1. The molecule has 0 spiro atoms. The molecule has 2 aromatic rings. The van der Waals surface area contributed by atoms with Crippen molar-refractivity contribution in [3.63, 3.8) is 0 Å². The fourth-order valence-corrected chi connectivity index (χ4v) is 4.12. The number of benzene rings is 2. The van der Waals surface area contributed by atoms with Crippen molar-refractivity contribution in [3.05, 3.63) is 53.3 Å². The molecule has 32 heavy (non-hydrogen) atoms. The number of methoxy groups -OCH3 is 1. The van der Waals surface area contributed by atoms with E-state index >= 15 is 0 Å². The van der Waals surface area contributed by atoms with Gasteiger partial charge in [-0.2, -0.15) is 0 Å². The summed E-state index contributed by atoms with van der Waals surface area (Å²) in [5.41, 5.74) is 2.80. The molecule has 0 aromatic heterocycles. The van der Waals surface area contributed by atoms with Crippen molar-refractivity contribution in [2.45, 2.75) is 20.0 Å². The molecule has 0 atom stereocenters. The Kier molecular flexibility index (Phi) is 7.32. The van der Waals surface area contributed by atoms with Gasteiger partial charge in [-0.25, -0.2) is 4.39 Å². The Hall–Kier alpha value is -3.00. The van der Waals surface area contributed by atoms with E-state index in [1.807, 2.05) is 12.1 Å². The van der Waals surface area contributed by atoms with E-state index in [4.69, 9.17) is 19.2 Å². The predicted octanol–water partition coefficient (Wildman–Crippen LogP) is 3.03. The zero-order chi connectivity index (χ0) is 22.3. The molecular weight excluding hydrogens is 411 g/mol. The van der Waals surface area contributed by atoms with Crippen molar-refractivity contribution in [1.82, 2.24) is 10.2 Å². The number of fused-ring (bicyclic) bond motifs is 1. The Labute approximate surface area is 188 Å². The summed E-state index contributed by atoms with van der Waals surface area (Å²) in [5, 5.41) is 3.40. The molecule has 1 fully saturated rings. The van der Waals surface area contributed by atoms with Crippen LogP contribution in [0.5, 0.6) is 11.5 Å². The van der Waals surface area contributed by atoms with Crippen LogP contribution in [0.1, 0.15) is 18.1 Å². The molecular formula is C24H31FN4O3. The van der Waals surface area contributed by atoms with E-state index in [0.717, 1.165) is 61.3 Å². The second-order valence-corrected chi connectivity index (χ2v) is 7.82. The molecule has 0 unspecified atom stereocenters. The molecule has 4 rings (SSSR count). The zero-order valence-electron chi connectivity index (χ0n) is 18.8. The fourth-order valence-electron chi connectivity index (χ4n) is 4.12. The quantitative estimate of drug-likeness (QED) is 0.548. The van der Waals surface area contributed by atoms with Crippen LogP contribution in [0.3, 0.4) is 0 Å². The highest BCUT2D eigenvalue weighted by Gasteiger charge is 2.20. The maximum absolute atomic E-state index is 14.0. The van der Waals surface area contributed by atoms with Gasteiger partial charge in [-0.3, -0.25) is 4.99 Å². The highest BCUT2D eigenvalue weighted by molar-refractivity contribution is 5.80. The molecule has 1 N–H and O–H groups in total. The summed E-state index contributed by atoms with van der Waals surface area (Å²) < 4.78 is 30.1. The summed E-state index contributed by atoms with van der Waals surface area (Å²) >= 11 is 0. The van der Waals surface area contributed by atoms with Crippen LogP contribution in [0.15, 0.2) is 41.4 Å². The molecule has 0 aliphatic carbocycles. The number of nitrogens with zero attached hydrogens (tertiary/aromatic N) is 3. The number of hydrogen-bond acceptors (Lipinski definition) is 5. The number of guanidine groups is 1. The van der Waals surface area contributed by atoms with Gasteiger partial charge in [0.05, 0.1) is 13.7 Å². The van der Waals surface area contributed by atoms with E-state index < -0.39 is 0 Å². The SMILES string of the molecule is CCNC(=NCCc1cc(F)cc2c1OCOC2)N1CCN(c2ccc(OC)cc2)CC1. The first kappa shape index (κ1) is 22.2. The molecule has 172 valence electrons. The Balaban J connectivity index is 1.37. The monoisotopic (exact) mass is 442 g/mol. The van der Waals surface area contributed by atoms with Gasteiger partial charge in [0.25, 0.3) is 0 Å². The lowest BCUT2D eigenvalue weighted by Crippen LogP contribution is -2.52. The minimum absolute atomic E-state index is 0.204. The summed E-state index contributed by atoms with van der Waals surface area (Å²) in [5.74, 6) is 2.24. The minimum Gasteiger partial charge on any atom is -0.497 e. The lowest BCUT2D eigenvalue weighted by Gasteiger charge is -2.37. The van der Waals surface area contributed by atoms with Gasteiger partial charge in [0.15, 0.2) is 12.8 Å². The van der Waals surface area contributed by atoms with Crippen LogP contribution in [0.2, 0.25) is 0 Å². The van der Waals surface area contributed by atoms with Crippen molar-refractivity contribution in [3.8, 4) is 11.5 Å². The predicted molar refractivity (Wildman–Crippen MR) is 123 cm³/mol. The summed E-state index contributed by atoms with van der Waals surface area (Å²) in [7, 11) is 1.68. The highest BCUT2D eigenvalue weighted by Crippen LogP contribution is 2.29. The standard InChI is InChI=1S/C24H31FN4O3/c1-3-26-24(27-9-8-18-14-20(25)15-19-16-31-17-32-23(18)19)29-12-10-28(11-13-29)21-4-6-22(30-2)7-5-21/h4-7,14-15H,3,8-13,16-17H2,1-2H3,(H,26,27). The Morgan fingerprint density at radius 2 is 1.94 bits per heavy atom. The van der Waals surface area contributed by atoms with Crippen LogP contribution in [0.4, 0.5) is 10.1 Å². The maximum atomic E-state index is 14.0. The van der Waals surface area contributed by atoms with Gasteiger partial charge in [-0.15, -0.1) is 0 Å². The van der Waals surface area contributed by atoms with E-state index in [9.17, 15) is 4.39 Å². The summed E-state index contributed by atoms with van der Waals surface area (Å²) in [6.45, 7) is 7.61. The maximum Gasteiger partial charge on any atom is 0.194 e. The summed E-state index contributed by atoms with van der Waals surface area (Å²) in [6, 6.07) is 11.2. The molecule has 2 aliphatic heterocycles. The van der Waals surface area contributed by atoms with E-state index in [0.29, 0.717) is 19.6 Å². The second kappa shape index (κ2) is 10.5. The van der Waals surface area contributed by atoms with Crippen molar-refractivity contribution in [2.24, 2.45) is 4.99 Å². The van der Waals surface area contributed by atoms with Gasteiger partial charge in [-0.05, 0) is 55.3 Å². The van der Waals surface area contributed by atoms with Gasteiger partial charge in [0.1, 0.15) is 17.3 Å². The number of anilines is 1. The Bertz CT molecular complexity index is 928. The van der Waals surface area contributed by atoms with E-state index in [1.165, 1.54) is 11.8 Å². The Morgan fingerprint density at radius 1 is 1.16 bits per heavy atom. The number of nitrogens with one attached hydrogen (secondary N) is 1. The van der Waals surface area contributed by atoms with E-state index in [1.54, 1.807) is 13.2 Å². The molecule has 1 saturated heterocycles. The van der Waals surface area contributed by atoms with Crippen LogP contribution < -0.4 is 19.7 Å². The lowest BCUT2D eigenvalue weighted by molar-refractivity contribution is -0.0172. The molecule has 0 radical (unpaired) electrons. The molecule has 0 saturated carbocycles. The summed E-state index contributed by atoms with van der Waals surface area (Å²) in [4.78, 5) is 9.48. The van der Waals surface area contributed by atoms with Gasteiger partial charge < -0.3 is 29.3 Å². The van der Waals surface area contributed by atoms with Crippen LogP contribution >= 0.6 is 0 Å². The van der Waals surface area contributed by atoms with Crippen molar-refractivity contribution < 1.29 is 18.6 Å². The van der Waals surface area contributed by atoms with Crippen molar-refractivity contribution >= 4 is 11.6 Å². The first-order valence-corrected chi connectivity index (χ1v) is 11.1. The molecule has 2 aliphatic rings. The van der Waals surface area contributed by atoms with Gasteiger partial charge in [0, 0.05) is 50.5 Å². The lowest BCUT2D eigenvalue weighted by atomic mass is 10.1. The van der Waals surface area contributed by atoms with Crippen molar-refractivity contribution in [1.29, 1.82) is 0 Å². The normalized spacial score (nSPS) is 16.4. The minimum atomic E-state index is -0.265. The highest BCUT2D eigenvalue weighted by atomic mass is 19.1. The van der Waals surface area contributed by atoms with Gasteiger partial charge >= 0.3 is 0 Å². The number of rotatable bonds is 6. The van der Waals surface area contributed by atoms with Crippen molar-refractivity contribution in [2.75, 3.05) is 58.1 Å².